The summed E-state index contributed by atoms with van der Waals surface area (Å²) in [5, 5.41) is 18.5. The largest absolute Gasteiger partial charge is 0.497 e. The van der Waals surface area contributed by atoms with Gasteiger partial charge in [-0.3, -0.25) is 4.79 Å². The Morgan fingerprint density at radius 1 is 1.25 bits per heavy atom. The monoisotopic (exact) mass is 452 g/mol. The van der Waals surface area contributed by atoms with Gasteiger partial charge in [-0.2, -0.15) is 13.2 Å². The molecule has 4 rings (SSSR count). The van der Waals surface area contributed by atoms with E-state index in [1.807, 2.05) is 31.2 Å². The molecule has 2 fully saturated rings. The predicted molar refractivity (Wildman–Crippen MR) is 110 cm³/mol. The van der Waals surface area contributed by atoms with Crippen molar-refractivity contribution in [1.82, 2.24) is 20.1 Å². The maximum absolute atomic E-state index is 13.1. The first kappa shape index (κ1) is 22.6. The van der Waals surface area contributed by atoms with E-state index in [2.05, 4.69) is 15.2 Å². The van der Waals surface area contributed by atoms with E-state index in [0.29, 0.717) is 19.2 Å². The van der Waals surface area contributed by atoms with Gasteiger partial charge in [-0.15, -0.1) is 10.2 Å². The second kappa shape index (κ2) is 7.75. The number of hydrogen-bond donors (Lipinski definition) is 2. The Morgan fingerprint density at radius 3 is 2.44 bits per heavy atom. The fraction of sp³-hybridized carbons (Fsp3) is 0.591. The molecule has 174 valence electrons. The molecule has 0 bridgehead atoms. The summed E-state index contributed by atoms with van der Waals surface area (Å²) in [6, 6.07) is 7.47. The zero-order valence-electron chi connectivity index (χ0n) is 18.2. The summed E-state index contributed by atoms with van der Waals surface area (Å²) in [6.45, 7) is 2.79. The van der Waals surface area contributed by atoms with Gasteiger partial charge in [0.2, 0.25) is 5.60 Å². The number of rotatable bonds is 5. The van der Waals surface area contributed by atoms with Crippen molar-refractivity contribution in [1.29, 1.82) is 0 Å². The third-order valence-electron chi connectivity index (χ3n) is 6.98. The summed E-state index contributed by atoms with van der Waals surface area (Å²) in [6.07, 6.45) is -2.65. The molecule has 1 aromatic heterocycles. The van der Waals surface area contributed by atoms with E-state index in [0.717, 1.165) is 34.9 Å². The summed E-state index contributed by atoms with van der Waals surface area (Å²) in [7, 11) is 1.60. The van der Waals surface area contributed by atoms with Crippen LogP contribution in [0.3, 0.4) is 0 Å². The van der Waals surface area contributed by atoms with Crippen LogP contribution in [0.25, 0.3) is 11.4 Å². The van der Waals surface area contributed by atoms with Gasteiger partial charge < -0.3 is 19.7 Å². The number of amides is 1. The molecule has 2 aromatic rings. The van der Waals surface area contributed by atoms with E-state index < -0.39 is 17.7 Å². The lowest BCUT2D eigenvalue weighted by Crippen LogP contribution is -2.59. The van der Waals surface area contributed by atoms with Crippen molar-refractivity contribution in [3.8, 4) is 17.1 Å². The highest BCUT2D eigenvalue weighted by Crippen LogP contribution is 2.57. The molecule has 0 spiro atoms. The fourth-order valence-corrected chi connectivity index (χ4v) is 4.86. The highest BCUT2D eigenvalue weighted by Gasteiger charge is 2.59. The molecule has 1 aliphatic heterocycles. The van der Waals surface area contributed by atoms with Crippen molar-refractivity contribution in [3.05, 3.63) is 30.1 Å². The molecule has 1 unspecified atom stereocenters. The number of aliphatic hydroxyl groups is 1. The quantitative estimate of drug-likeness (QED) is 0.726. The lowest BCUT2D eigenvalue weighted by atomic mass is 9.74. The highest BCUT2D eigenvalue weighted by molar-refractivity contribution is 5.85. The Morgan fingerprint density at radius 2 is 1.91 bits per heavy atom. The Labute approximate surface area is 184 Å². The van der Waals surface area contributed by atoms with Crippen LogP contribution in [0.1, 0.15) is 38.9 Å². The van der Waals surface area contributed by atoms with Gasteiger partial charge in [-0.05, 0) is 62.3 Å². The van der Waals surface area contributed by atoms with Gasteiger partial charge >= 0.3 is 6.18 Å². The Bertz CT molecular complexity index is 983. The second-order valence-corrected chi connectivity index (χ2v) is 9.10. The van der Waals surface area contributed by atoms with Crippen molar-refractivity contribution >= 4 is 5.91 Å². The molecule has 1 aliphatic carbocycles. The number of nitrogens with zero attached hydrogens (tertiary/aromatic N) is 3. The number of carbonyl (C=O) groups excluding carboxylic acids is 1. The predicted octanol–water partition coefficient (Wildman–Crippen LogP) is 3.31. The van der Waals surface area contributed by atoms with Gasteiger partial charge in [-0.25, -0.2) is 0 Å². The number of aromatic nitrogens is 3. The molecule has 2 N–H and O–H groups in total. The number of halogens is 3. The molecule has 0 radical (unpaired) electrons. The highest BCUT2D eigenvalue weighted by atomic mass is 19.4. The van der Waals surface area contributed by atoms with Crippen LogP contribution < -0.4 is 4.74 Å². The molecule has 7 nitrogen and oxygen atoms in total. The molecule has 1 saturated carbocycles. The number of alkyl halides is 3. The summed E-state index contributed by atoms with van der Waals surface area (Å²) >= 11 is 0. The van der Waals surface area contributed by atoms with Crippen molar-refractivity contribution < 1.29 is 27.8 Å². The van der Waals surface area contributed by atoms with Gasteiger partial charge in [0.25, 0.3) is 5.91 Å². The first-order valence-electron chi connectivity index (χ1n) is 10.7. The number of piperidine rings is 1. The molecule has 1 amide bonds. The van der Waals surface area contributed by atoms with Crippen LogP contribution in [0.2, 0.25) is 0 Å². The third-order valence-corrected chi connectivity index (χ3v) is 6.98. The summed E-state index contributed by atoms with van der Waals surface area (Å²) in [4.78, 5) is 16.8. The van der Waals surface area contributed by atoms with Crippen LogP contribution in [0.5, 0.6) is 5.75 Å². The average Bonchev–Trinajstić information content (AvgIpc) is 3.40. The van der Waals surface area contributed by atoms with E-state index in [9.17, 15) is 23.1 Å². The van der Waals surface area contributed by atoms with Crippen LogP contribution in [0.4, 0.5) is 13.2 Å². The third kappa shape index (κ3) is 3.74. The Balaban J connectivity index is 1.48. The Hall–Kier alpha value is -2.62. The van der Waals surface area contributed by atoms with Gasteiger partial charge in [-0.1, -0.05) is 6.92 Å². The molecule has 2 heterocycles. The van der Waals surface area contributed by atoms with Gasteiger partial charge in [0.1, 0.15) is 11.6 Å². The second-order valence-electron chi connectivity index (χ2n) is 9.10. The van der Waals surface area contributed by atoms with Crippen molar-refractivity contribution in [2.24, 2.45) is 11.8 Å². The van der Waals surface area contributed by atoms with E-state index in [1.54, 1.807) is 7.11 Å². The summed E-state index contributed by atoms with van der Waals surface area (Å²) in [5.41, 5.74) is -2.71. The molecule has 3 atom stereocenters. The van der Waals surface area contributed by atoms with Gasteiger partial charge in [0.15, 0.2) is 5.82 Å². The molecular formula is C22H27F3N4O3. The minimum atomic E-state index is -5.01. The molecular weight excluding hydrogens is 425 g/mol. The normalized spacial score (nSPS) is 24.7. The zero-order chi connectivity index (χ0) is 23.3. The minimum Gasteiger partial charge on any atom is -0.497 e. The zero-order valence-corrected chi connectivity index (χ0v) is 18.2. The maximum atomic E-state index is 13.1. The number of nitrogens with one attached hydrogen (secondary N) is 1. The smallest absolute Gasteiger partial charge is 0.426 e. The summed E-state index contributed by atoms with van der Waals surface area (Å²) in [5.74, 6) is 0.985. The van der Waals surface area contributed by atoms with Crippen molar-refractivity contribution in [2.75, 3.05) is 20.2 Å². The van der Waals surface area contributed by atoms with E-state index in [-0.39, 0.29) is 30.3 Å². The molecule has 32 heavy (non-hydrogen) atoms. The Kier molecular flexibility index (Phi) is 5.47. The van der Waals surface area contributed by atoms with E-state index in [4.69, 9.17) is 4.74 Å². The first-order chi connectivity index (χ1) is 15.0. The lowest BCUT2D eigenvalue weighted by Gasteiger charge is -2.42. The number of H-pyrrole nitrogens is 1. The minimum absolute atomic E-state index is 0.0474. The van der Waals surface area contributed by atoms with Crippen LogP contribution in [-0.4, -0.2) is 63.1 Å². The summed E-state index contributed by atoms with van der Waals surface area (Å²) < 4.78 is 44.5. The van der Waals surface area contributed by atoms with Crippen molar-refractivity contribution in [2.45, 2.75) is 50.3 Å². The van der Waals surface area contributed by atoms with Gasteiger partial charge in [0, 0.05) is 24.1 Å². The number of carbonyl (C=O) groups is 1. The SMILES string of the molecule is COc1ccc(-c2nnc(C3([C@H]4CCN(C(=O)C(C)(O)C(F)(F)F)C[C@H]4C)CC3)[nH]2)cc1. The standard InChI is InChI=1S/C22H27F3N4O3/c1-13-12-29(19(30)20(2,31)22(23,24)25)11-8-16(13)21(9-10-21)18-26-17(27-28-18)14-4-6-15(32-3)7-5-14/h4-7,13,16,31H,8-12H2,1-3H3,(H,26,27,28)/t13-,16+,20?/m1/s1. The number of ether oxygens (including phenoxy) is 1. The van der Waals surface area contributed by atoms with Crippen LogP contribution >= 0.6 is 0 Å². The maximum Gasteiger partial charge on any atom is 0.426 e. The number of aromatic amines is 1. The number of likely N-dealkylation sites (tertiary alicyclic amines) is 1. The fourth-order valence-electron chi connectivity index (χ4n) is 4.86. The molecule has 2 aliphatic rings. The van der Waals surface area contributed by atoms with Crippen LogP contribution in [-0.2, 0) is 10.2 Å². The lowest BCUT2D eigenvalue weighted by molar-refractivity contribution is -0.251. The van der Waals surface area contributed by atoms with Crippen molar-refractivity contribution in [3.63, 3.8) is 0 Å². The van der Waals surface area contributed by atoms with Gasteiger partial charge in [0.05, 0.1) is 7.11 Å². The van der Waals surface area contributed by atoms with Crippen LogP contribution in [0.15, 0.2) is 24.3 Å². The first-order valence-corrected chi connectivity index (χ1v) is 10.7. The molecule has 1 aromatic carbocycles. The number of hydrogen-bond acceptors (Lipinski definition) is 5. The topological polar surface area (TPSA) is 91.3 Å². The number of methoxy groups -OCH3 is 1. The number of benzene rings is 1. The molecule has 10 heteroatoms. The average molecular weight is 452 g/mol. The molecule has 1 saturated heterocycles. The van der Waals surface area contributed by atoms with E-state index in [1.165, 1.54) is 0 Å². The van der Waals surface area contributed by atoms with Crippen LogP contribution in [0, 0.1) is 11.8 Å². The van der Waals surface area contributed by atoms with E-state index >= 15 is 0 Å².